The van der Waals surface area contributed by atoms with Crippen LogP contribution in [0, 0.1) is 16.0 Å². The van der Waals surface area contributed by atoms with Gasteiger partial charge in [-0.15, -0.1) is 0 Å². The average Bonchev–Trinajstić information content (AvgIpc) is 3.67. The number of furan rings is 1. The predicted molar refractivity (Wildman–Crippen MR) is 218 cm³/mol. The van der Waals surface area contributed by atoms with E-state index in [1.165, 1.54) is 17.0 Å². The van der Waals surface area contributed by atoms with Gasteiger partial charge in [0.25, 0.3) is 17.5 Å². The number of anilines is 1. The second-order valence-electron chi connectivity index (χ2n) is 14.7. The molecule has 0 radical (unpaired) electrons. The van der Waals surface area contributed by atoms with Gasteiger partial charge < -0.3 is 29.2 Å². The minimum absolute atomic E-state index is 0.00436. The van der Waals surface area contributed by atoms with Crippen molar-refractivity contribution in [3.63, 3.8) is 0 Å². The SMILES string of the molecule is CC(C)OC(=O)CCC(C(=O)OC(C)C)C(O)C(=O)N(Cc1ccc2ccccc2c1)C(C)C(Cc1ccc(C(=O)Nc2ccccc2)o1)c1ccc([N+](=O)[O-])cc1. The molecule has 0 saturated carbocycles. The highest BCUT2D eigenvalue weighted by Crippen LogP contribution is 2.33. The summed E-state index contributed by atoms with van der Waals surface area (Å²) in [4.78, 5) is 66.5. The summed E-state index contributed by atoms with van der Waals surface area (Å²) >= 11 is 0. The summed E-state index contributed by atoms with van der Waals surface area (Å²) in [6.45, 7) is 8.45. The van der Waals surface area contributed by atoms with E-state index in [-0.39, 0.29) is 37.3 Å². The van der Waals surface area contributed by atoms with Gasteiger partial charge in [-0.05, 0) is 93.3 Å². The van der Waals surface area contributed by atoms with Crippen molar-refractivity contribution in [2.45, 2.75) is 90.7 Å². The number of carbonyl (C=O) groups excluding carboxylic acids is 4. The van der Waals surface area contributed by atoms with Gasteiger partial charge in [0.15, 0.2) is 5.76 Å². The Labute approximate surface area is 337 Å². The van der Waals surface area contributed by atoms with Crippen molar-refractivity contribution >= 4 is 45.9 Å². The zero-order chi connectivity index (χ0) is 41.9. The maximum absolute atomic E-state index is 14.8. The third-order valence-corrected chi connectivity index (χ3v) is 9.71. The molecule has 0 aliphatic carbocycles. The number of fused-ring (bicyclic) bond motifs is 1. The standard InChI is InChI=1S/C45H49N3O10/c1-28(2)56-41(49)24-22-38(45(53)57-29(3)4)42(50)44(52)47(27-31-15-16-32-11-9-10-12-34(32)25-31)30(5)39(33-17-19-36(20-18-33)48(54)55)26-37-21-23-40(58-37)43(51)46-35-13-7-6-8-14-35/h6-21,23,25,28-30,38-39,42,50H,22,24,26-27H2,1-5H3,(H,46,51). The third kappa shape index (κ3) is 11.4. The fourth-order valence-corrected chi connectivity index (χ4v) is 6.79. The number of aliphatic hydroxyl groups is 1. The first-order chi connectivity index (χ1) is 27.7. The summed E-state index contributed by atoms with van der Waals surface area (Å²) < 4.78 is 16.8. The second-order valence-corrected chi connectivity index (χ2v) is 14.7. The molecule has 5 aromatic rings. The van der Waals surface area contributed by atoms with Crippen molar-refractivity contribution < 1.29 is 43.1 Å². The maximum atomic E-state index is 14.8. The van der Waals surface area contributed by atoms with E-state index >= 15 is 0 Å². The smallest absolute Gasteiger partial charge is 0.312 e. The third-order valence-electron chi connectivity index (χ3n) is 9.71. The Morgan fingerprint density at radius 2 is 1.47 bits per heavy atom. The van der Waals surface area contributed by atoms with Gasteiger partial charge >= 0.3 is 11.9 Å². The Hall–Kier alpha value is -6.34. The van der Waals surface area contributed by atoms with Crippen LogP contribution in [0.4, 0.5) is 11.4 Å². The molecule has 58 heavy (non-hydrogen) atoms. The molecule has 0 aliphatic heterocycles. The molecule has 0 saturated heterocycles. The van der Waals surface area contributed by atoms with Crippen LogP contribution in [0.15, 0.2) is 114 Å². The number of aliphatic hydroxyl groups excluding tert-OH is 1. The lowest BCUT2D eigenvalue weighted by molar-refractivity contribution is -0.384. The lowest BCUT2D eigenvalue weighted by atomic mass is 9.86. The van der Waals surface area contributed by atoms with E-state index in [4.69, 9.17) is 13.9 Å². The van der Waals surface area contributed by atoms with E-state index in [2.05, 4.69) is 5.32 Å². The highest BCUT2D eigenvalue weighted by molar-refractivity contribution is 6.02. The van der Waals surface area contributed by atoms with E-state index in [9.17, 15) is 34.4 Å². The van der Waals surface area contributed by atoms with Crippen LogP contribution in [0.2, 0.25) is 0 Å². The van der Waals surface area contributed by atoms with Gasteiger partial charge in [0, 0.05) is 49.2 Å². The van der Waals surface area contributed by atoms with E-state index in [1.54, 1.807) is 83.1 Å². The lowest BCUT2D eigenvalue weighted by Gasteiger charge is -2.37. The first kappa shape index (κ1) is 42.8. The van der Waals surface area contributed by atoms with Crippen molar-refractivity contribution in [2.24, 2.45) is 5.92 Å². The van der Waals surface area contributed by atoms with Crippen molar-refractivity contribution in [1.82, 2.24) is 4.90 Å². The first-order valence-corrected chi connectivity index (χ1v) is 19.3. The van der Waals surface area contributed by atoms with Crippen LogP contribution in [0.1, 0.15) is 80.8 Å². The van der Waals surface area contributed by atoms with E-state index in [1.807, 2.05) is 48.5 Å². The fourth-order valence-electron chi connectivity index (χ4n) is 6.79. The van der Waals surface area contributed by atoms with Crippen LogP contribution in [-0.4, -0.2) is 63.0 Å². The molecule has 0 aliphatic rings. The molecule has 1 heterocycles. The van der Waals surface area contributed by atoms with Crippen molar-refractivity contribution in [3.05, 3.63) is 142 Å². The molecule has 2 amide bonds. The zero-order valence-corrected chi connectivity index (χ0v) is 33.2. The number of esters is 2. The average molecular weight is 792 g/mol. The van der Waals surface area contributed by atoms with Crippen molar-refractivity contribution in [1.29, 1.82) is 0 Å². The number of non-ortho nitro benzene ring substituents is 1. The highest BCUT2D eigenvalue weighted by atomic mass is 16.6. The number of amides is 2. The van der Waals surface area contributed by atoms with Gasteiger partial charge in [-0.2, -0.15) is 0 Å². The molecule has 13 heteroatoms. The number of nitrogens with zero attached hydrogens (tertiary/aromatic N) is 2. The number of nitro benzene ring substituents is 1. The molecule has 0 spiro atoms. The number of carbonyl (C=O) groups is 4. The summed E-state index contributed by atoms with van der Waals surface area (Å²) in [7, 11) is 0. The Balaban J connectivity index is 1.54. The summed E-state index contributed by atoms with van der Waals surface area (Å²) in [5, 5.41) is 28.2. The number of para-hydroxylation sites is 1. The maximum Gasteiger partial charge on any atom is 0.312 e. The quantitative estimate of drug-likeness (QED) is 0.0502. The minimum Gasteiger partial charge on any atom is -0.463 e. The first-order valence-electron chi connectivity index (χ1n) is 19.3. The highest BCUT2D eigenvalue weighted by Gasteiger charge is 2.40. The van der Waals surface area contributed by atoms with Crippen LogP contribution in [0.3, 0.4) is 0 Å². The molecule has 4 unspecified atom stereocenters. The second kappa shape index (κ2) is 19.7. The Morgan fingerprint density at radius 3 is 2.12 bits per heavy atom. The molecular formula is C45H49N3O10. The largest absolute Gasteiger partial charge is 0.463 e. The van der Waals surface area contributed by atoms with Crippen molar-refractivity contribution in [2.75, 3.05) is 5.32 Å². The number of hydrogen-bond donors (Lipinski definition) is 2. The number of rotatable bonds is 18. The summed E-state index contributed by atoms with van der Waals surface area (Å²) in [6.07, 6.45) is -3.21. The van der Waals surface area contributed by atoms with Crippen LogP contribution < -0.4 is 5.32 Å². The fraction of sp³-hybridized carbons (Fsp3) is 0.333. The molecule has 0 fully saturated rings. The molecule has 2 N–H and O–H groups in total. The van der Waals surface area contributed by atoms with E-state index in [0.717, 1.165) is 16.3 Å². The normalized spacial score (nSPS) is 13.4. The van der Waals surface area contributed by atoms with Gasteiger partial charge in [-0.3, -0.25) is 29.3 Å². The van der Waals surface area contributed by atoms with E-state index in [0.29, 0.717) is 17.0 Å². The van der Waals surface area contributed by atoms with Crippen LogP contribution >= 0.6 is 0 Å². The number of nitro groups is 1. The molecule has 0 bridgehead atoms. The van der Waals surface area contributed by atoms with Crippen LogP contribution in [0.25, 0.3) is 10.8 Å². The number of hydrogen-bond acceptors (Lipinski definition) is 10. The number of nitrogens with one attached hydrogen (secondary N) is 1. The van der Waals surface area contributed by atoms with Gasteiger partial charge in [-0.1, -0.05) is 66.7 Å². The number of benzene rings is 4. The molecule has 13 nitrogen and oxygen atoms in total. The summed E-state index contributed by atoms with van der Waals surface area (Å²) in [5.74, 6) is -4.26. The Bertz CT molecular complexity index is 2200. The molecule has 4 atom stereocenters. The summed E-state index contributed by atoms with van der Waals surface area (Å²) in [6, 6.07) is 30.7. The molecule has 5 rings (SSSR count). The van der Waals surface area contributed by atoms with Gasteiger partial charge in [0.2, 0.25) is 0 Å². The number of ether oxygens (including phenoxy) is 2. The van der Waals surface area contributed by atoms with Crippen molar-refractivity contribution in [3.8, 4) is 0 Å². The predicted octanol–water partition coefficient (Wildman–Crippen LogP) is 8.00. The van der Waals surface area contributed by atoms with Gasteiger partial charge in [0.05, 0.1) is 23.0 Å². The molecular weight excluding hydrogens is 743 g/mol. The molecule has 1 aromatic heterocycles. The molecule has 304 valence electrons. The van der Waals surface area contributed by atoms with Crippen LogP contribution in [-0.2, 0) is 36.8 Å². The summed E-state index contributed by atoms with van der Waals surface area (Å²) in [5.41, 5.74) is 1.79. The topological polar surface area (TPSA) is 179 Å². The Kier molecular flexibility index (Phi) is 14.5. The van der Waals surface area contributed by atoms with Gasteiger partial charge in [0.1, 0.15) is 11.9 Å². The van der Waals surface area contributed by atoms with Crippen LogP contribution in [0.5, 0.6) is 0 Å². The molecule has 4 aromatic carbocycles. The monoisotopic (exact) mass is 791 g/mol. The van der Waals surface area contributed by atoms with Gasteiger partial charge in [-0.25, -0.2) is 0 Å². The minimum atomic E-state index is -1.92. The zero-order valence-electron chi connectivity index (χ0n) is 33.2. The van der Waals surface area contributed by atoms with E-state index < -0.39 is 64.9 Å². The Morgan fingerprint density at radius 1 is 0.810 bits per heavy atom. The lowest BCUT2D eigenvalue weighted by Crippen LogP contribution is -2.50.